The summed E-state index contributed by atoms with van der Waals surface area (Å²) in [7, 11) is 0. The number of aromatic nitrogens is 2. The van der Waals surface area contributed by atoms with E-state index in [1.54, 1.807) is 12.4 Å². The Kier molecular flexibility index (Phi) is 2.48. The topological polar surface area (TPSA) is 56.1 Å². The summed E-state index contributed by atoms with van der Waals surface area (Å²) < 4.78 is 6.87. The molecule has 2 heterocycles. The zero-order valence-electron chi connectivity index (χ0n) is 8.93. The summed E-state index contributed by atoms with van der Waals surface area (Å²) in [5.41, 5.74) is -0.276. The van der Waals surface area contributed by atoms with E-state index >= 15 is 0 Å². The van der Waals surface area contributed by atoms with E-state index in [1.165, 1.54) is 10.9 Å². The van der Waals surface area contributed by atoms with Crippen molar-refractivity contribution in [2.24, 2.45) is 0 Å². The second-order valence-corrected chi connectivity index (χ2v) is 4.08. The van der Waals surface area contributed by atoms with E-state index in [0.717, 1.165) is 6.42 Å². The third-order valence-corrected chi connectivity index (χ3v) is 3.02. The summed E-state index contributed by atoms with van der Waals surface area (Å²) >= 11 is 0. The molecule has 15 heavy (non-hydrogen) atoms. The zero-order valence-corrected chi connectivity index (χ0v) is 8.93. The number of carbonyl (C=O) groups excluding carboxylic acids is 1. The number of carbonyl (C=O) groups is 1. The van der Waals surface area contributed by atoms with Gasteiger partial charge in [-0.05, 0) is 20.3 Å². The molecule has 2 rings (SSSR count). The van der Waals surface area contributed by atoms with Crippen LogP contribution in [-0.2, 0) is 4.74 Å². The van der Waals surface area contributed by atoms with Crippen LogP contribution in [0.15, 0.2) is 18.7 Å². The highest BCUT2D eigenvalue weighted by atomic mass is 16.5. The van der Waals surface area contributed by atoms with E-state index in [9.17, 15) is 4.79 Å². The van der Waals surface area contributed by atoms with Gasteiger partial charge in [0.2, 0.25) is 0 Å². The van der Waals surface area contributed by atoms with Gasteiger partial charge in [-0.15, -0.1) is 0 Å². The van der Waals surface area contributed by atoms with Gasteiger partial charge in [0.15, 0.2) is 0 Å². The van der Waals surface area contributed by atoms with Crippen molar-refractivity contribution in [2.75, 3.05) is 6.61 Å². The molecule has 0 spiro atoms. The third-order valence-electron chi connectivity index (χ3n) is 3.02. The molecule has 1 aliphatic heterocycles. The molecule has 5 nitrogen and oxygen atoms in total. The number of rotatable bonds is 1. The Labute approximate surface area is 88.4 Å². The fourth-order valence-electron chi connectivity index (χ4n) is 1.69. The van der Waals surface area contributed by atoms with Gasteiger partial charge >= 0.3 is 6.03 Å². The van der Waals surface area contributed by atoms with Crippen LogP contribution in [0.3, 0.4) is 0 Å². The van der Waals surface area contributed by atoms with Gasteiger partial charge in [0.25, 0.3) is 0 Å². The molecule has 0 aliphatic carbocycles. The van der Waals surface area contributed by atoms with Crippen molar-refractivity contribution >= 4 is 6.03 Å². The largest absolute Gasteiger partial charge is 0.376 e. The van der Waals surface area contributed by atoms with Crippen LogP contribution in [0.4, 0.5) is 4.79 Å². The molecule has 1 fully saturated rings. The maximum absolute atomic E-state index is 11.8. The zero-order chi connectivity index (χ0) is 10.9. The van der Waals surface area contributed by atoms with Crippen molar-refractivity contribution in [2.45, 2.75) is 31.9 Å². The summed E-state index contributed by atoms with van der Waals surface area (Å²) in [5.74, 6) is 0. The maximum atomic E-state index is 11.8. The number of ether oxygens (including phenoxy) is 1. The number of nitrogens with one attached hydrogen (secondary N) is 1. The summed E-state index contributed by atoms with van der Waals surface area (Å²) in [6.45, 7) is 4.67. The van der Waals surface area contributed by atoms with Crippen molar-refractivity contribution in [1.82, 2.24) is 14.9 Å². The minimum Gasteiger partial charge on any atom is -0.376 e. The third kappa shape index (κ3) is 1.87. The lowest BCUT2D eigenvalue weighted by molar-refractivity contribution is 0.0912. The molecule has 0 aromatic carbocycles. The summed E-state index contributed by atoms with van der Waals surface area (Å²) in [4.78, 5) is 15.6. The molecular weight excluding hydrogens is 194 g/mol. The van der Waals surface area contributed by atoms with Gasteiger partial charge in [-0.2, -0.15) is 0 Å². The minimum absolute atomic E-state index is 0.0463. The SMILES string of the molecule is CC1OCCC1(C)NC(=O)n1ccnc1. The molecule has 0 radical (unpaired) electrons. The van der Waals surface area contributed by atoms with Gasteiger partial charge in [-0.3, -0.25) is 4.57 Å². The van der Waals surface area contributed by atoms with Gasteiger partial charge in [0.05, 0.1) is 11.6 Å². The number of amides is 1. The Bertz CT molecular complexity index is 350. The molecule has 0 bridgehead atoms. The summed E-state index contributed by atoms with van der Waals surface area (Å²) in [5, 5.41) is 2.97. The first kappa shape index (κ1) is 10.2. The highest BCUT2D eigenvalue weighted by Gasteiger charge is 2.38. The molecule has 1 N–H and O–H groups in total. The van der Waals surface area contributed by atoms with Crippen LogP contribution in [0.1, 0.15) is 20.3 Å². The van der Waals surface area contributed by atoms with Crippen molar-refractivity contribution in [1.29, 1.82) is 0 Å². The van der Waals surface area contributed by atoms with Crippen molar-refractivity contribution in [3.05, 3.63) is 18.7 Å². The van der Waals surface area contributed by atoms with Crippen LogP contribution in [-0.4, -0.2) is 33.8 Å². The molecule has 1 amide bonds. The van der Waals surface area contributed by atoms with E-state index < -0.39 is 0 Å². The van der Waals surface area contributed by atoms with Crippen molar-refractivity contribution in [3.8, 4) is 0 Å². The minimum atomic E-state index is -0.276. The lowest BCUT2D eigenvalue weighted by atomic mass is 9.95. The smallest absolute Gasteiger partial charge is 0.327 e. The van der Waals surface area contributed by atoms with E-state index in [2.05, 4.69) is 10.3 Å². The molecule has 0 saturated carbocycles. The fraction of sp³-hybridized carbons (Fsp3) is 0.600. The van der Waals surface area contributed by atoms with E-state index in [1.807, 2.05) is 13.8 Å². The monoisotopic (exact) mass is 209 g/mol. The van der Waals surface area contributed by atoms with Crippen LogP contribution < -0.4 is 5.32 Å². The van der Waals surface area contributed by atoms with Crippen LogP contribution in [0.5, 0.6) is 0 Å². The molecule has 5 heteroatoms. The van der Waals surface area contributed by atoms with E-state index in [-0.39, 0.29) is 17.7 Å². The average Bonchev–Trinajstić information content (AvgIpc) is 2.78. The van der Waals surface area contributed by atoms with Crippen LogP contribution >= 0.6 is 0 Å². The molecular formula is C10H15N3O2. The molecule has 1 aromatic heterocycles. The average molecular weight is 209 g/mol. The first-order valence-corrected chi connectivity index (χ1v) is 5.04. The molecule has 1 aromatic rings. The van der Waals surface area contributed by atoms with Gasteiger partial charge in [0, 0.05) is 19.0 Å². The van der Waals surface area contributed by atoms with Crippen LogP contribution in [0.2, 0.25) is 0 Å². The summed E-state index contributed by atoms with van der Waals surface area (Å²) in [6.07, 6.45) is 5.58. The Balaban J connectivity index is 2.06. The van der Waals surface area contributed by atoms with Gasteiger partial charge in [-0.1, -0.05) is 0 Å². The molecule has 2 atom stereocenters. The molecule has 2 unspecified atom stereocenters. The lowest BCUT2D eigenvalue weighted by Crippen LogP contribution is -2.51. The first-order chi connectivity index (χ1) is 7.12. The normalized spacial score (nSPS) is 30.4. The number of hydrogen-bond acceptors (Lipinski definition) is 3. The molecule has 1 saturated heterocycles. The Morgan fingerprint density at radius 1 is 1.73 bits per heavy atom. The first-order valence-electron chi connectivity index (χ1n) is 5.04. The number of nitrogens with zero attached hydrogens (tertiary/aromatic N) is 2. The van der Waals surface area contributed by atoms with Gasteiger partial charge in [0.1, 0.15) is 6.33 Å². The van der Waals surface area contributed by atoms with Crippen molar-refractivity contribution < 1.29 is 9.53 Å². The quantitative estimate of drug-likeness (QED) is 0.751. The Morgan fingerprint density at radius 3 is 3.07 bits per heavy atom. The fourth-order valence-corrected chi connectivity index (χ4v) is 1.69. The molecule has 1 aliphatic rings. The summed E-state index contributed by atoms with van der Waals surface area (Å²) in [6, 6.07) is -0.160. The van der Waals surface area contributed by atoms with E-state index in [4.69, 9.17) is 4.74 Å². The highest BCUT2D eigenvalue weighted by Crippen LogP contribution is 2.24. The van der Waals surface area contributed by atoms with Crippen molar-refractivity contribution in [3.63, 3.8) is 0 Å². The molecule has 82 valence electrons. The predicted molar refractivity (Wildman–Crippen MR) is 54.6 cm³/mol. The lowest BCUT2D eigenvalue weighted by Gasteiger charge is -2.28. The standard InChI is InChI=1S/C10H15N3O2/c1-8-10(2,3-6-15-8)12-9(14)13-5-4-11-7-13/h4-5,7-8H,3,6H2,1-2H3,(H,12,14). The Hall–Kier alpha value is -1.36. The highest BCUT2D eigenvalue weighted by molar-refractivity contribution is 5.77. The van der Waals surface area contributed by atoms with Crippen LogP contribution in [0, 0.1) is 0 Å². The van der Waals surface area contributed by atoms with Crippen LogP contribution in [0.25, 0.3) is 0 Å². The Morgan fingerprint density at radius 2 is 2.53 bits per heavy atom. The number of hydrogen-bond donors (Lipinski definition) is 1. The van der Waals surface area contributed by atoms with E-state index in [0.29, 0.717) is 6.61 Å². The second kappa shape index (κ2) is 3.66. The van der Waals surface area contributed by atoms with Gasteiger partial charge in [-0.25, -0.2) is 9.78 Å². The predicted octanol–water partition coefficient (Wildman–Crippen LogP) is 1.01. The van der Waals surface area contributed by atoms with Gasteiger partial charge < -0.3 is 10.1 Å². The second-order valence-electron chi connectivity index (χ2n) is 4.08. The number of imidazole rings is 1. The maximum Gasteiger partial charge on any atom is 0.327 e.